The fourth-order valence-electron chi connectivity index (χ4n) is 4.44. The number of nitrogens with two attached hydrogens (primary N) is 1. The third-order valence-electron chi connectivity index (χ3n) is 4.51. The molecule has 0 saturated heterocycles. The van der Waals surface area contributed by atoms with Crippen molar-refractivity contribution in [3.63, 3.8) is 0 Å². The molecule has 78 valence electrons. The fraction of sp³-hybridized carbons (Fsp3) is 0.909. The van der Waals surface area contributed by atoms with Crippen molar-refractivity contribution in [2.24, 2.45) is 23.0 Å². The van der Waals surface area contributed by atoms with Gasteiger partial charge in [0.1, 0.15) is 0 Å². The van der Waals surface area contributed by atoms with E-state index in [1.165, 1.54) is 19.3 Å². The normalized spacial score (nSPS) is 54.9. The molecule has 0 spiro atoms. The zero-order valence-corrected chi connectivity index (χ0v) is 9.85. The topological polar surface area (TPSA) is 43.1 Å². The average Bonchev–Trinajstić information content (AvgIpc) is 1.98. The largest absolute Gasteiger partial charge is 0.369 e. The van der Waals surface area contributed by atoms with Crippen molar-refractivity contribution in [3.05, 3.63) is 0 Å². The van der Waals surface area contributed by atoms with Gasteiger partial charge in [-0.3, -0.25) is 4.79 Å². The van der Waals surface area contributed by atoms with Gasteiger partial charge in [0.15, 0.2) is 0 Å². The number of rotatable bonds is 1. The molecule has 2 N–H and O–H groups in total. The summed E-state index contributed by atoms with van der Waals surface area (Å²) in [6.07, 6.45) is 6.97. The Kier molecular flexibility index (Phi) is 1.67. The highest BCUT2D eigenvalue weighted by Crippen LogP contribution is 2.64. The summed E-state index contributed by atoms with van der Waals surface area (Å²) in [5, 5.41) is 0. The van der Waals surface area contributed by atoms with Crippen LogP contribution in [0.3, 0.4) is 0 Å². The minimum Gasteiger partial charge on any atom is -0.369 e. The van der Waals surface area contributed by atoms with Gasteiger partial charge in [-0.05, 0) is 50.4 Å². The van der Waals surface area contributed by atoms with Crippen LogP contribution in [0.1, 0.15) is 38.5 Å². The maximum absolute atomic E-state index is 11.6. The molecule has 4 saturated carbocycles. The standard InChI is InChI=1S/C11H16BrNO/c12-11-4-7-1-8(5-11)3-10(2-7,6-11)9(13)14/h7-8H,1-6H2,(H2,13,14)/t7-,8-,10?,11?/m1/s1. The van der Waals surface area contributed by atoms with Crippen LogP contribution in [0.15, 0.2) is 0 Å². The molecule has 4 aliphatic rings. The van der Waals surface area contributed by atoms with Gasteiger partial charge in [-0.25, -0.2) is 0 Å². The summed E-state index contributed by atoms with van der Waals surface area (Å²) in [5.41, 5.74) is 5.45. The molecule has 0 unspecified atom stereocenters. The van der Waals surface area contributed by atoms with Gasteiger partial charge >= 0.3 is 0 Å². The zero-order chi connectivity index (χ0) is 9.97. The molecule has 0 aromatic carbocycles. The van der Waals surface area contributed by atoms with Gasteiger partial charge in [0, 0.05) is 4.32 Å². The number of alkyl halides is 1. The molecule has 2 nitrogen and oxygen atoms in total. The van der Waals surface area contributed by atoms with E-state index in [1.807, 2.05) is 0 Å². The van der Waals surface area contributed by atoms with E-state index in [9.17, 15) is 4.79 Å². The molecule has 4 fully saturated rings. The molecule has 0 radical (unpaired) electrons. The van der Waals surface area contributed by atoms with Crippen molar-refractivity contribution in [3.8, 4) is 0 Å². The quantitative estimate of drug-likeness (QED) is 0.720. The molecule has 3 heteroatoms. The van der Waals surface area contributed by atoms with Crippen molar-refractivity contribution < 1.29 is 4.79 Å². The highest BCUT2D eigenvalue weighted by atomic mass is 79.9. The van der Waals surface area contributed by atoms with Gasteiger partial charge in [0.25, 0.3) is 0 Å². The molecule has 1 amide bonds. The summed E-state index contributed by atoms with van der Waals surface area (Å²) in [4.78, 5) is 11.6. The van der Waals surface area contributed by atoms with Crippen LogP contribution in [0.25, 0.3) is 0 Å². The lowest BCUT2D eigenvalue weighted by molar-refractivity contribution is -0.140. The lowest BCUT2D eigenvalue weighted by atomic mass is 9.49. The van der Waals surface area contributed by atoms with E-state index in [2.05, 4.69) is 15.9 Å². The van der Waals surface area contributed by atoms with Gasteiger partial charge in [0.2, 0.25) is 5.91 Å². The first-order valence-electron chi connectivity index (χ1n) is 5.50. The molecule has 2 atom stereocenters. The van der Waals surface area contributed by atoms with Crippen LogP contribution < -0.4 is 5.73 Å². The van der Waals surface area contributed by atoms with Crippen LogP contribution >= 0.6 is 15.9 Å². The lowest BCUT2D eigenvalue weighted by Crippen LogP contribution is -2.57. The highest BCUT2D eigenvalue weighted by Gasteiger charge is 2.59. The Morgan fingerprint density at radius 2 is 1.79 bits per heavy atom. The minimum atomic E-state index is -0.145. The number of carbonyl (C=O) groups excluding carboxylic acids is 1. The van der Waals surface area contributed by atoms with Crippen LogP contribution in [-0.2, 0) is 4.79 Å². The third-order valence-corrected chi connectivity index (χ3v) is 5.44. The number of amides is 1. The molecule has 4 bridgehead atoms. The second kappa shape index (κ2) is 2.55. The van der Waals surface area contributed by atoms with Crippen molar-refractivity contribution >= 4 is 21.8 Å². The van der Waals surface area contributed by atoms with E-state index in [0.29, 0.717) is 0 Å². The number of hydrogen-bond donors (Lipinski definition) is 1. The Labute approximate surface area is 92.7 Å². The van der Waals surface area contributed by atoms with Gasteiger partial charge in [0.05, 0.1) is 5.41 Å². The highest BCUT2D eigenvalue weighted by molar-refractivity contribution is 9.10. The second-order valence-corrected chi connectivity index (χ2v) is 7.44. The SMILES string of the molecule is NC(=O)C12C[C@H]3C[C@@H](CC(Br)(C3)C1)C2. The first-order chi connectivity index (χ1) is 6.51. The summed E-state index contributed by atoms with van der Waals surface area (Å²) in [7, 11) is 0. The Balaban J connectivity index is 2.00. The van der Waals surface area contributed by atoms with Crippen LogP contribution in [0, 0.1) is 17.3 Å². The summed E-state index contributed by atoms with van der Waals surface area (Å²) in [6.45, 7) is 0. The van der Waals surface area contributed by atoms with E-state index in [-0.39, 0.29) is 15.6 Å². The van der Waals surface area contributed by atoms with Crippen molar-refractivity contribution in [2.45, 2.75) is 42.8 Å². The van der Waals surface area contributed by atoms with E-state index in [0.717, 1.165) is 31.1 Å². The Hall–Kier alpha value is -0.0500. The van der Waals surface area contributed by atoms with E-state index in [1.54, 1.807) is 0 Å². The summed E-state index contributed by atoms with van der Waals surface area (Å²) in [5.74, 6) is 1.46. The molecule has 0 heterocycles. The third kappa shape index (κ3) is 1.11. The van der Waals surface area contributed by atoms with Crippen LogP contribution in [0.5, 0.6) is 0 Å². The number of halogens is 1. The van der Waals surface area contributed by atoms with Gasteiger partial charge in [-0.1, -0.05) is 15.9 Å². The summed E-state index contributed by atoms with van der Waals surface area (Å²) in [6, 6.07) is 0. The van der Waals surface area contributed by atoms with Crippen molar-refractivity contribution in [2.75, 3.05) is 0 Å². The number of hydrogen-bond acceptors (Lipinski definition) is 1. The van der Waals surface area contributed by atoms with E-state index < -0.39 is 0 Å². The molecule has 14 heavy (non-hydrogen) atoms. The Morgan fingerprint density at radius 1 is 1.21 bits per heavy atom. The van der Waals surface area contributed by atoms with E-state index >= 15 is 0 Å². The minimum absolute atomic E-state index is 0.0459. The van der Waals surface area contributed by atoms with E-state index in [4.69, 9.17) is 5.73 Å². The molecule has 0 aliphatic heterocycles. The van der Waals surface area contributed by atoms with Crippen LogP contribution in [0.2, 0.25) is 0 Å². The first kappa shape index (κ1) is 9.20. The predicted octanol–water partition coefficient (Wildman–Crippen LogP) is 2.21. The molecule has 4 aliphatic carbocycles. The number of primary amides is 1. The fourth-order valence-corrected chi connectivity index (χ4v) is 5.89. The number of carbonyl (C=O) groups is 1. The average molecular weight is 258 g/mol. The first-order valence-corrected chi connectivity index (χ1v) is 6.30. The predicted molar refractivity (Wildman–Crippen MR) is 58.0 cm³/mol. The monoisotopic (exact) mass is 257 g/mol. The van der Waals surface area contributed by atoms with Crippen LogP contribution in [0.4, 0.5) is 0 Å². The smallest absolute Gasteiger partial charge is 0.223 e. The van der Waals surface area contributed by atoms with Crippen molar-refractivity contribution in [1.29, 1.82) is 0 Å². The van der Waals surface area contributed by atoms with Gasteiger partial charge in [-0.2, -0.15) is 0 Å². The Morgan fingerprint density at radius 3 is 2.21 bits per heavy atom. The maximum atomic E-state index is 11.6. The molecular weight excluding hydrogens is 242 g/mol. The summed E-state index contributed by atoms with van der Waals surface area (Å²) >= 11 is 3.85. The Bertz CT molecular complexity index is 288. The molecular formula is C11H16BrNO. The molecule has 4 rings (SSSR count). The van der Waals surface area contributed by atoms with Gasteiger partial charge in [-0.15, -0.1) is 0 Å². The summed E-state index contributed by atoms with van der Waals surface area (Å²) < 4.78 is 0.256. The van der Waals surface area contributed by atoms with Crippen molar-refractivity contribution in [1.82, 2.24) is 0 Å². The lowest BCUT2D eigenvalue weighted by Gasteiger charge is -2.59. The zero-order valence-electron chi connectivity index (χ0n) is 8.26. The second-order valence-electron chi connectivity index (χ2n) is 5.76. The van der Waals surface area contributed by atoms with Gasteiger partial charge < -0.3 is 5.73 Å². The molecule has 0 aromatic rings. The van der Waals surface area contributed by atoms with Crippen LogP contribution in [-0.4, -0.2) is 10.2 Å². The maximum Gasteiger partial charge on any atom is 0.223 e. The molecule has 0 aromatic heterocycles.